The van der Waals surface area contributed by atoms with Crippen molar-refractivity contribution in [1.29, 1.82) is 0 Å². The van der Waals surface area contributed by atoms with Crippen LogP contribution in [0.15, 0.2) is 30.3 Å². The summed E-state index contributed by atoms with van der Waals surface area (Å²) in [4.78, 5) is 27.8. The molecule has 2 N–H and O–H groups in total. The highest BCUT2D eigenvalue weighted by atomic mass is 16.2. The molecule has 27 heavy (non-hydrogen) atoms. The topological polar surface area (TPSA) is 61.4 Å². The van der Waals surface area contributed by atoms with Crippen LogP contribution in [0.3, 0.4) is 0 Å². The first-order chi connectivity index (χ1) is 13.0. The minimum Gasteiger partial charge on any atom is -0.354 e. The second kappa shape index (κ2) is 8.87. The van der Waals surface area contributed by atoms with Gasteiger partial charge in [-0.2, -0.15) is 0 Å². The lowest BCUT2D eigenvalue weighted by atomic mass is 9.81. The normalized spacial score (nSPS) is 22.1. The summed E-state index contributed by atoms with van der Waals surface area (Å²) in [5.74, 6) is 0.0876. The Labute approximate surface area is 162 Å². The fourth-order valence-corrected chi connectivity index (χ4v) is 4.49. The molecule has 1 saturated carbocycles. The standard InChI is InChI=1S/C22H33N3O2/c1-17(2)23-20(26)14-22(11-6-7-12-22)21(27)24-19-10-13-25(16-19)15-18-8-4-3-5-9-18/h3-5,8-9,17,19H,6-7,10-16H2,1-2H3,(H,23,26)(H,24,27)/t19-/m1/s1. The molecular formula is C22H33N3O2. The van der Waals surface area contributed by atoms with E-state index in [1.807, 2.05) is 19.9 Å². The molecule has 2 amide bonds. The van der Waals surface area contributed by atoms with Crippen molar-refractivity contribution < 1.29 is 9.59 Å². The Kier molecular flexibility index (Phi) is 6.53. The predicted molar refractivity (Wildman–Crippen MR) is 107 cm³/mol. The number of likely N-dealkylation sites (tertiary alicyclic amines) is 1. The van der Waals surface area contributed by atoms with Crippen molar-refractivity contribution in [2.75, 3.05) is 13.1 Å². The van der Waals surface area contributed by atoms with Crippen LogP contribution < -0.4 is 10.6 Å². The number of hydrogen-bond acceptors (Lipinski definition) is 3. The third-order valence-electron chi connectivity index (χ3n) is 5.85. The fraction of sp³-hybridized carbons (Fsp3) is 0.636. The molecule has 1 heterocycles. The van der Waals surface area contributed by atoms with E-state index >= 15 is 0 Å². The van der Waals surface area contributed by atoms with E-state index in [9.17, 15) is 9.59 Å². The predicted octanol–water partition coefficient (Wildman–Crippen LogP) is 2.85. The molecular weight excluding hydrogens is 338 g/mol. The van der Waals surface area contributed by atoms with Crippen LogP contribution in [0.4, 0.5) is 0 Å². The van der Waals surface area contributed by atoms with E-state index in [1.54, 1.807) is 0 Å². The van der Waals surface area contributed by atoms with Crippen molar-refractivity contribution in [1.82, 2.24) is 15.5 Å². The average molecular weight is 372 g/mol. The van der Waals surface area contributed by atoms with Gasteiger partial charge >= 0.3 is 0 Å². The molecule has 1 aromatic carbocycles. The van der Waals surface area contributed by atoms with E-state index in [0.717, 1.165) is 51.7 Å². The Hall–Kier alpha value is -1.88. The summed E-state index contributed by atoms with van der Waals surface area (Å²) in [6.45, 7) is 6.73. The first-order valence-electron chi connectivity index (χ1n) is 10.3. The molecule has 2 fully saturated rings. The fourth-order valence-electron chi connectivity index (χ4n) is 4.49. The van der Waals surface area contributed by atoms with Gasteiger partial charge in [0.25, 0.3) is 0 Å². The van der Waals surface area contributed by atoms with Gasteiger partial charge < -0.3 is 10.6 Å². The molecule has 1 aliphatic carbocycles. The van der Waals surface area contributed by atoms with Crippen molar-refractivity contribution >= 4 is 11.8 Å². The van der Waals surface area contributed by atoms with Gasteiger partial charge in [-0.05, 0) is 38.7 Å². The summed E-state index contributed by atoms with van der Waals surface area (Å²) in [5.41, 5.74) is 0.799. The number of hydrogen-bond donors (Lipinski definition) is 2. The molecule has 148 valence electrons. The monoisotopic (exact) mass is 371 g/mol. The van der Waals surface area contributed by atoms with Gasteiger partial charge in [0.15, 0.2) is 0 Å². The van der Waals surface area contributed by atoms with Crippen molar-refractivity contribution in [2.24, 2.45) is 5.41 Å². The Balaban J connectivity index is 1.54. The number of carbonyl (C=O) groups is 2. The molecule has 1 saturated heterocycles. The third-order valence-corrected chi connectivity index (χ3v) is 5.85. The molecule has 5 nitrogen and oxygen atoms in total. The van der Waals surface area contributed by atoms with E-state index in [0.29, 0.717) is 6.42 Å². The number of benzene rings is 1. The first kappa shape index (κ1) is 19.9. The molecule has 1 atom stereocenters. The smallest absolute Gasteiger partial charge is 0.226 e. The second-order valence-electron chi connectivity index (χ2n) is 8.57. The number of carbonyl (C=O) groups excluding carboxylic acids is 2. The van der Waals surface area contributed by atoms with Crippen LogP contribution in [-0.2, 0) is 16.1 Å². The maximum Gasteiger partial charge on any atom is 0.226 e. The van der Waals surface area contributed by atoms with Crippen LogP contribution in [0.5, 0.6) is 0 Å². The maximum absolute atomic E-state index is 13.1. The molecule has 0 radical (unpaired) electrons. The minimum atomic E-state index is -0.508. The number of nitrogens with one attached hydrogen (secondary N) is 2. The SMILES string of the molecule is CC(C)NC(=O)CC1(C(=O)N[C@@H]2CCN(Cc3ccccc3)C2)CCCC1. The van der Waals surface area contributed by atoms with Crippen LogP contribution in [-0.4, -0.2) is 41.9 Å². The third kappa shape index (κ3) is 5.32. The highest BCUT2D eigenvalue weighted by Crippen LogP contribution is 2.41. The Bertz CT molecular complexity index is 638. The van der Waals surface area contributed by atoms with Crippen LogP contribution in [0.2, 0.25) is 0 Å². The minimum absolute atomic E-state index is 0.000763. The van der Waals surface area contributed by atoms with Gasteiger partial charge in [-0.15, -0.1) is 0 Å². The number of nitrogens with zero attached hydrogens (tertiary/aromatic N) is 1. The molecule has 5 heteroatoms. The highest BCUT2D eigenvalue weighted by Gasteiger charge is 2.43. The van der Waals surface area contributed by atoms with Crippen molar-refractivity contribution in [3.63, 3.8) is 0 Å². The van der Waals surface area contributed by atoms with Gasteiger partial charge in [0, 0.05) is 38.1 Å². The average Bonchev–Trinajstić information content (AvgIpc) is 3.25. The van der Waals surface area contributed by atoms with E-state index in [1.165, 1.54) is 5.56 Å². The highest BCUT2D eigenvalue weighted by molar-refractivity contribution is 5.89. The van der Waals surface area contributed by atoms with Gasteiger partial charge in [-0.25, -0.2) is 0 Å². The zero-order valence-electron chi connectivity index (χ0n) is 16.7. The van der Waals surface area contributed by atoms with E-state index in [4.69, 9.17) is 0 Å². The Morgan fingerprint density at radius 3 is 2.56 bits per heavy atom. The number of amides is 2. The second-order valence-corrected chi connectivity index (χ2v) is 8.57. The quantitative estimate of drug-likeness (QED) is 0.775. The zero-order valence-corrected chi connectivity index (χ0v) is 16.7. The van der Waals surface area contributed by atoms with Crippen LogP contribution >= 0.6 is 0 Å². The van der Waals surface area contributed by atoms with E-state index < -0.39 is 5.41 Å². The van der Waals surface area contributed by atoms with Crippen LogP contribution in [0, 0.1) is 5.41 Å². The van der Waals surface area contributed by atoms with Crippen LogP contribution in [0.1, 0.15) is 57.9 Å². The van der Waals surface area contributed by atoms with Crippen molar-refractivity contribution in [3.05, 3.63) is 35.9 Å². The van der Waals surface area contributed by atoms with Crippen molar-refractivity contribution in [3.8, 4) is 0 Å². The van der Waals surface area contributed by atoms with E-state index in [2.05, 4.69) is 39.8 Å². The lowest BCUT2D eigenvalue weighted by Crippen LogP contribution is -2.47. The summed E-state index contributed by atoms with van der Waals surface area (Å²) in [5, 5.41) is 6.23. The summed E-state index contributed by atoms with van der Waals surface area (Å²) < 4.78 is 0. The molecule has 2 aliphatic rings. The molecule has 1 aromatic rings. The molecule has 0 aromatic heterocycles. The summed E-state index contributed by atoms with van der Waals surface area (Å²) >= 11 is 0. The van der Waals surface area contributed by atoms with Gasteiger partial charge in [-0.1, -0.05) is 43.2 Å². The molecule has 3 rings (SSSR count). The van der Waals surface area contributed by atoms with Gasteiger partial charge in [-0.3, -0.25) is 14.5 Å². The van der Waals surface area contributed by atoms with Gasteiger partial charge in [0.05, 0.1) is 5.41 Å². The maximum atomic E-state index is 13.1. The number of rotatable bonds is 7. The zero-order chi connectivity index (χ0) is 19.3. The molecule has 1 aliphatic heterocycles. The first-order valence-corrected chi connectivity index (χ1v) is 10.3. The summed E-state index contributed by atoms with van der Waals surface area (Å²) in [7, 11) is 0. The van der Waals surface area contributed by atoms with Gasteiger partial charge in [0.1, 0.15) is 0 Å². The van der Waals surface area contributed by atoms with Crippen molar-refractivity contribution in [2.45, 2.75) is 71.0 Å². The van der Waals surface area contributed by atoms with E-state index in [-0.39, 0.29) is 23.9 Å². The Morgan fingerprint density at radius 1 is 1.19 bits per heavy atom. The lowest BCUT2D eigenvalue weighted by molar-refractivity contribution is -0.137. The molecule has 0 spiro atoms. The van der Waals surface area contributed by atoms with Gasteiger partial charge in [0.2, 0.25) is 11.8 Å². The van der Waals surface area contributed by atoms with Crippen LogP contribution in [0.25, 0.3) is 0 Å². The Morgan fingerprint density at radius 2 is 1.89 bits per heavy atom. The molecule has 0 unspecified atom stereocenters. The summed E-state index contributed by atoms with van der Waals surface area (Å²) in [6.07, 6.45) is 5.01. The lowest BCUT2D eigenvalue weighted by Gasteiger charge is -2.29. The summed E-state index contributed by atoms with van der Waals surface area (Å²) in [6, 6.07) is 10.8. The largest absolute Gasteiger partial charge is 0.354 e. The molecule has 0 bridgehead atoms.